The van der Waals surface area contributed by atoms with Crippen LogP contribution in [-0.2, 0) is 10.8 Å². The molecule has 0 spiro atoms. The van der Waals surface area contributed by atoms with Crippen LogP contribution >= 0.6 is 11.3 Å². The first-order chi connectivity index (χ1) is 12.1. The number of hydrogen-bond donors (Lipinski definition) is 1. The van der Waals surface area contributed by atoms with Crippen molar-refractivity contribution in [2.24, 2.45) is 0 Å². The Kier molecular flexibility index (Phi) is 5.65. The van der Waals surface area contributed by atoms with E-state index in [1.807, 2.05) is 24.3 Å². The fourth-order valence-electron chi connectivity index (χ4n) is 2.62. The van der Waals surface area contributed by atoms with Gasteiger partial charge in [0.05, 0.1) is 12.5 Å². The highest BCUT2D eigenvalue weighted by molar-refractivity contribution is 7.84. The minimum Gasteiger partial charge on any atom is -0.497 e. The smallest absolute Gasteiger partial charge is 0.139 e. The van der Waals surface area contributed by atoms with Crippen LogP contribution in [-0.4, -0.2) is 39.3 Å². The van der Waals surface area contributed by atoms with Gasteiger partial charge in [0, 0.05) is 39.8 Å². The van der Waals surface area contributed by atoms with Gasteiger partial charge in [0.25, 0.3) is 0 Å². The average Bonchev–Trinajstić information content (AvgIpc) is 3.05. The largest absolute Gasteiger partial charge is 0.497 e. The molecule has 2 heterocycles. The Balaban J connectivity index is 1.93. The predicted octanol–water partition coefficient (Wildman–Crippen LogP) is 3.94. The van der Waals surface area contributed by atoms with Crippen LogP contribution in [0.25, 0.3) is 21.3 Å². The topological polar surface area (TPSA) is 64.1 Å². The molecule has 0 aliphatic rings. The Bertz CT molecular complexity index is 878. The molecule has 25 heavy (non-hydrogen) atoms. The second kappa shape index (κ2) is 7.93. The maximum absolute atomic E-state index is 11.3. The van der Waals surface area contributed by atoms with E-state index in [2.05, 4.69) is 27.6 Å². The molecule has 3 aromatic rings. The molecule has 5 nitrogen and oxygen atoms in total. The van der Waals surface area contributed by atoms with Gasteiger partial charge in [0.15, 0.2) is 0 Å². The van der Waals surface area contributed by atoms with Crippen LogP contribution in [0, 0.1) is 0 Å². The summed E-state index contributed by atoms with van der Waals surface area (Å²) in [6.45, 7) is 2.08. The molecule has 0 saturated heterocycles. The first kappa shape index (κ1) is 17.8. The van der Waals surface area contributed by atoms with Crippen molar-refractivity contribution in [1.29, 1.82) is 0 Å². The number of benzene rings is 1. The average molecular weight is 376 g/mol. The van der Waals surface area contributed by atoms with Crippen LogP contribution in [0.15, 0.2) is 36.0 Å². The molecule has 0 amide bonds. The number of methoxy groups -OCH3 is 1. The third-order valence-corrected chi connectivity index (χ3v) is 5.69. The fourth-order valence-corrected chi connectivity index (χ4v) is 4.22. The highest BCUT2D eigenvalue weighted by Crippen LogP contribution is 2.37. The summed E-state index contributed by atoms with van der Waals surface area (Å²) in [6, 6.07) is 8.18. The van der Waals surface area contributed by atoms with Crippen LogP contribution in [0.5, 0.6) is 5.75 Å². The molecule has 132 valence electrons. The number of rotatable bonds is 7. The van der Waals surface area contributed by atoms with Crippen molar-refractivity contribution < 1.29 is 8.95 Å². The van der Waals surface area contributed by atoms with Gasteiger partial charge in [0.1, 0.15) is 22.7 Å². The molecular weight excluding hydrogens is 354 g/mol. The molecule has 2 aromatic heterocycles. The number of nitrogens with zero attached hydrogens (tertiary/aromatic N) is 2. The van der Waals surface area contributed by atoms with E-state index in [0.29, 0.717) is 5.75 Å². The summed E-state index contributed by atoms with van der Waals surface area (Å²) in [7, 11) is 0.879. The number of thiophene rings is 1. The molecule has 0 unspecified atom stereocenters. The summed E-state index contributed by atoms with van der Waals surface area (Å²) in [5.41, 5.74) is 2.21. The van der Waals surface area contributed by atoms with Crippen LogP contribution in [0.1, 0.15) is 13.3 Å². The number of ether oxygens (including phenoxy) is 1. The molecule has 1 N–H and O–H groups in total. The van der Waals surface area contributed by atoms with Gasteiger partial charge < -0.3 is 10.1 Å². The number of nitrogens with one attached hydrogen (secondary N) is 1. The first-order valence-electron chi connectivity index (χ1n) is 8.01. The van der Waals surface area contributed by atoms with Crippen LogP contribution in [0.4, 0.5) is 5.82 Å². The second-order valence-electron chi connectivity index (χ2n) is 5.89. The van der Waals surface area contributed by atoms with E-state index in [4.69, 9.17) is 4.74 Å². The summed E-state index contributed by atoms with van der Waals surface area (Å²) in [5, 5.41) is 6.59. The predicted molar refractivity (Wildman–Crippen MR) is 106 cm³/mol. The third-order valence-electron chi connectivity index (χ3n) is 3.99. The highest BCUT2D eigenvalue weighted by atomic mass is 32.2. The van der Waals surface area contributed by atoms with Crippen LogP contribution < -0.4 is 10.1 Å². The van der Waals surface area contributed by atoms with Gasteiger partial charge in [-0.25, -0.2) is 9.97 Å². The molecule has 1 aromatic carbocycles. The van der Waals surface area contributed by atoms with E-state index in [9.17, 15) is 4.21 Å². The van der Waals surface area contributed by atoms with E-state index >= 15 is 0 Å². The zero-order valence-corrected chi connectivity index (χ0v) is 16.1. The van der Waals surface area contributed by atoms with Crippen molar-refractivity contribution in [1.82, 2.24) is 9.97 Å². The summed E-state index contributed by atoms with van der Waals surface area (Å²) in [6.07, 6.45) is 4.15. The first-order valence-corrected chi connectivity index (χ1v) is 10.6. The number of aromatic nitrogens is 2. The van der Waals surface area contributed by atoms with Crippen LogP contribution in [0.2, 0.25) is 0 Å². The number of hydrogen-bond acceptors (Lipinski definition) is 6. The fraction of sp³-hybridized carbons (Fsp3) is 0.333. The maximum atomic E-state index is 11.3. The van der Waals surface area contributed by atoms with Gasteiger partial charge in [-0.3, -0.25) is 4.21 Å². The van der Waals surface area contributed by atoms with Crippen molar-refractivity contribution in [3.05, 3.63) is 36.0 Å². The quantitative estimate of drug-likeness (QED) is 0.678. The molecule has 0 radical (unpaired) electrons. The number of fused-ring (bicyclic) bond motifs is 1. The van der Waals surface area contributed by atoms with Gasteiger partial charge >= 0.3 is 0 Å². The van der Waals surface area contributed by atoms with Gasteiger partial charge in [-0.15, -0.1) is 11.3 Å². The third kappa shape index (κ3) is 4.16. The maximum Gasteiger partial charge on any atom is 0.139 e. The van der Waals surface area contributed by atoms with E-state index in [0.717, 1.165) is 39.3 Å². The van der Waals surface area contributed by atoms with E-state index in [1.54, 1.807) is 31.0 Å². The molecule has 7 heteroatoms. The molecule has 0 fully saturated rings. The molecule has 2 atom stereocenters. The Hall–Kier alpha value is -1.99. The van der Waals surface area contributed by atoms with Crippen molar-refractivity contribution in [3.8, 4) is 16.9 Å². The minimum absolute atomic E-state index is 0.186. The summed E-state index contributed by atoms with van der Waals surface area (Å²) in [4.78, 5) is 9.80. The second-order valence-corrected chi connectivity index (χ2v) is 8.30. The zero-order valence-electron chi connectivity index (χ0n) is 14.5. The van der Waals surface area contributed by atoms with Gasteiger partial charge in [-0.2, -0.15) is 0 Å². The standard InChI is InChI=1S/C18H21N3O2S2/c1-12(8-9-25(3)22)21-17-16-15(10-24-18(16)20-11-19-17)13-4-6-14(23-2)7-5-13/h4-7,10-12H,8-9H2,1-3H3,(H,19,20,21)/t12-,25-/m1/s1. The molecule has 0 aliphatic heterocycles. The lowest BCUT2D eigenvalue weighted by Gasteiger charge is -2.15. The summed E-state index contributed by atoms with van der Waals surface area (Å²) in [5.74, 6) is 2.34. The van der Waals surface area contributed by atoms with Gasteiger partial charge in [0.2, 0.25) is 0 Å². The van der Waals surface area contributed by atoms with E-state index in [1.165, 1.54) is 0 Å². The monoisotopic (exact) mass is 375 g/mol. The van der Waals surface area contributed by atoms with Crippen LogP contribution in [0.3, 0.4) is 0 Å². The molecule has 0 saturated carbocycles. The lowest BCUT2D eigenvalue weighted by atomic mass is 10.1. The summed E-state index contributed by atoms with van der Waals surface area (Å²) < 4.78 is 16.5. The van der Waals surface area contributed by atoms with Gasteiger partial charge in [-0.1, -0.05) is 12.1 Å². The number of anilines is 1. The lowest BCUT2D eigenvalue weighted by Crippen LogP contribution is -2.18. The van der Waals surface area contributed by atoms with Crippen molar-refractivity contribution in [2.45, 2.75) is 19.4 Å². The molecule has 0 bridgehead atoms. The molecule has 3 rings (SSSR count). The zero-order chi connectivity index (χ0) is 17.8. The Labute approximate surface area is 153 Å². The van der Waals surface area contributed by atoms with Gasteiger partial charge in [-0.05, 0) is 31.0 Å². The SMILES string of the molecule is COc1ccc(-c2csc3ncnc(N[C@H](C)CC[S@@](C)=O)c23)cc1. The molecule has 0 aliphatic carbocycles. The van der Waals surface area contributed by atoms with Crippen molar-refractivity contribution in [2.75, 3.05) is 24.4 Å². The van der Waals surface area contributed by atoms with Crippen molar-refractivity contribution >= 4 is 38.2 Å². The Morgan fingerprint density at radius 1 is 1.28 bits per heavy atom. The highest BCUT2D eigenvalue weighted by Gasteiger charge is 2.15. The summed E-state index contributed by atoms with van der Waals surface area (Å²) >= 11 is 1.61. The van der Waals surface area contributed by atoms with Crippen molar-refractivity contribution in [3.63, 3.8) is 0 Å². The lowest BCUT2D eigenvalue weighted by molar-refractivity contribution is 0.415. The Morgan fingerprint density at radius 3 is 2.72 bits per heavy atom. The normalized spacial score (nSPS) is 13.6. The van der Waals surface area contributed by atoms with E-state index < -0.39 is 10.8 Å². The van der Waals surface area contributed by atoms with E-state index in [-0.39, 0.29) is 6.04 Å². The Morgan fingerprint density at radius 2 is 2.04 bits per heavy atom. The minimum atomic E-state index is -0.783. The molecular formula is C18H21N3O2S2.